The van der Waals surface area contributed by atoms with Gasteiger partial charge in [0.25, 0.3) is 0 Å². The van der Waals surface area contributed by atoms with E-state index >= 15 is 0 Å². The zero-order valence-corrected chi connectivity index (χ0v) is 22.2. The summed E-state index contributed by atoms with van der Waals surface area (Å²) in [6.45, 7) is 10.3. The standard InChI is InChI=1S/C28H26ClN3O4S/c1-16-24(26(33)17-5-10-20(29)11-6-17)25(31-27(37)30-16)18-7-14-23(22(15-18)32(34)35)36-21-12-8-19(9-13-21)28(2,3)4/h5-15,24-25H,1H2,2-4H3,(H2,30,31,37)/t24-,25+/m0/s1. The lowest BCUT2D eigenvalue weighted by molar-refractivity contribution is -0.385. The molecular weight excluding hydrogens is 510 g/mol. The molecule has 0 spiro atoms. The zero-order valence-electron chi connectivity index (χ0n) is 20.6. The SMILES string of the molecule is C=C1NC(=S)N[C@H](c2ccc(Oc3ccc(C(C)(C)C)cc3)c([N+](=O)[O-])c2)[C@H]1C(=O)c1ccc(Cl)cc1. The lowest BCUT2D eigenvalue weighted by Gasteiger charge is -2.35. The van der Waals surface area contributed by atoms with Crippen molar-refractivity contribution in [2.24, 2.45) is 5.92 Å². The van der Waals surface area contributed by atoms with Gasteiger partial charge in [0.2, 0.25) is 5.75 Å². The molecule has 0 radical (unpaired) electrons. The highest BCUT2D eigenvalue weighted by atomic mass is 35.5. The highest BCUT2D eigenvalue weighted by molar-refractivity contribution is 7.80. The van der Waals surface area contributed by atoms with Crippen LogP contribution in [0.15, 0.2) is 79.0 Å². The summed E-state index contributed by atoms with van der Waals surface area (Å²) in [5, 5.41) is 18.8. The maximum Gasteiger partial charge on any atom is 0.311 e. The van der Waals surface area contributed by atoms with E-state index in [1.54, 1.807) is 42.5 Å². The number of nitro groups is 1. The van der Waals surface area contributed by atoms with Gasteiger partial charge in [0, 0.05) is 22.3 Å². The minimum absolute atomic E-state index is 0.0292. The molecule has 1 saturated heterocycles. The molecule has 0 unspecified atom stereocenters. The number of nitrogens with zero attached hydrogens (tertiary/aromatic N) is 1. The van der Waals surface area contributed by atoms with Gasteiger partial charge in [-0.2, -0.15) is 0 Å². The van der Waals surface area contributed by atoms with E-state index in [4.69, 9.17) is 28.6 Å². The van der Waals surface area contributed by atoms with Crippen LogP contribution in [0.4, 0.5) is 5.69 Å². The van der Waals surface area contributed by atoms with Crippen LogP contribution in [0.5, 0.6) is 11.5 Å². The molecule has 37 heavy (non-hydrogen) atoms. The number of carbonyl (C=O) groups excluding carboxylic acids is 1. The molecule has 190 valence electrons. The van der Waals surface area contributed by atoms with Gasteiger partial charge < -0.3 is 15.4 Å². The lowest BCUT2D eigenvalue weighted by Crippen LogP contribution is -2.50. The number of Topliss-reactive ketones (excluding diaryl/α,β-unsaturated/α-hetero) is 1. The Kier molecular flexibility index (Phi) is 7.34. The molecule has 9 heteroatoms. The van der Waals surface area contributed by atoms with Gasteiger partial charge in [0.05, 0.1) is 16.9 Å². The van der Waals surface area contributed by atoms with E-state index in [9.17, 15) is 14.9 Å². The highest BCUT2D eigenvalue weighted by Crippen LogP contribution is 2.38. The number of nitrogens with one attached hydrogen (secondary N) is 2. The van der Waals surface area contributed by atoms with Crippen LogP contribution in [0.2, 0.25) is 5.02 Å². The van der Waals surface area contributed by atoms with Crippen molar-refractivity contribution in [3.63, 3.8) is 0 Å². The largest absolute Gasteiger partial charge is 0.450 e. The van der Waals surface area contributed by atoms with E-state index in [0.717, 1.165) is 5.56 Å². The van der Waals surface area contributed by atoms with Crippen LogP contribution in [-0.4, -0.2) is 15.8 Å². The Morgan fingerprint density at radius 1 is 1.08 bits per heavy atom. The second-order valence-corrected chi connectivity index (χ2v) is 10.7. The Morgan fingerprint density at radius 2 is 1.73 bits per heavy atom. The van der Waals surface area contributed by atoms with Crippen LogP contribution < -0.4 is 15.4 Å². The number of benzene rings is 3. The molecule has 0 saturated carbocycles. The molecule has 0 aromatic heterocycles. The minimum Gasteiger partial charge on any atom is -0.450 e. The first kappa shape index (κ1) is 26.3. The number of hydrogen-bond acceptors (Lipinski definition) is 5. The minimum atomic E-state index is -0.774. The predicted octanol–water partition coefficient (Wildman–Crippen LogP) is 6.87. The van der Waals surface area contributed by atoms with Crippen molar-refractivity contribution in [3.8, 4) is 11.5 Å². The lowest BCUT2D eigenvalue weighted by atomic mass is 9.83. The molecule has 2 N–H and O–H groups in total. The number of hydrogen-bond donors (Lipinski definition) is 2. The number of carbonyl (C=O) groups is 1. The number of ketones is 1. The average Bonchev–Trinajstić information content (AvgIpc) is 2.83. The Morgan fingerprint density at radius 3 is 2.32 bits per heavy atom. The molecule has 3 aromatic rings. The maximum atomic E-state index is 13.5. The first-order valence-electron chi connectivity index (χ1n) is 11.6. The molecule has 0 aliphatic carbocycles. The van der Waals surface area contributed by atoms with Crippen molar-refractivity contribution in [2.75, 3.05) is 0 Å². The van der Waals surface area contributed by atoms with Gasteiger partial charge in [-0.15, -0.1) is 0 Å². The van der Waals surface area contributed by atoms with Crippen molar-refractivity contribution in [3.05, 3.63) is 111 Å². The van der Waals surface area contributed by atoms with Gasteiger partial charge in [-0.1, -0.05) is 57.2 Å². The summed E-state index contributed by atoms with van der Waals surface area (Å²) >= 11 is 11.3. The summed E-state index contributed by atoms with van der Waals surface area (Å²) in [4.78, 5) is 24.9. The molecule has 2 atom stereocenters. The third-order valence-electron chi connectivity index (χ3n) is 6.17. The second kappa shape index (κ2) is 10.3. The van der Waals surface area contributed by atoms with Gasteiger partial charge in [0.15, 0.2) is 10.9 Å². The Bertz CT molecular complexity index is 1380. The molecule has 1 aliphatic rings. The second-order valence-electron chi connectivity index (χ2n) is 9.81. The van der Waals surface area contributed by atoms with E-state index in [2.05, 4.69) is 38.0 Å². The van der Waals surface area contributed by atoms with Gasteiger partial charge in [-0.25, -0.2) is 0 Å². The van der Waals surface area contributed by atoms with Crippen LogP contribution in [-0.2, 0) is 5.41 Å². The van der Waals surface area contributed by atoms with Crippen LogP contribution >= 0.6 is 23.8 Å². The van der Waals surface area contributed by atoms with Gasteiger partial charge in [-0.05, 0) is 71.2 Å². The normalized spacial score (nSPS) is 17.5. The van der Waals surface area contributed by atoms with E-state index in [1.165, 1.54) is 12.1 Å². The average molecular weight is 536 g/mol. The van der Waals surface area contributed by atoms with Crippen LogP contribution in [0.25, 0.3) is 0 Å². The molecule has 1 fully saturated rings. The van der Waals surface area contributed by atoms with Crippen LogP contribution in [0, 0.1) is 16.0 Å². The molecule has 4 rings (SSSR count). The molecule has 7 nitrogen and oxygen atoms in total. The van der Waals surface area contributed by atoms with Gasteiger partial charge in [-0.3, -0.25) is 14.9 Å². The van der Waals surface area contributed by atoms with Crippen molar-refractivity contribution >= 4 is 40.4 Å². The van der Waals surface area contributed by atoms with Crippen molar-refractivity contribution in [1.29, 1.82) is 0 Å². The molecule has 1 heterocycles. The summed E-state index contributed by atoms with van der Waals surface area (Å²) in [5.41, 5.74) is 2.19. The van der Waals surface area contributed by atoms with Gasteiger partial charge in [0.1, 0.15) is 5.75 Å². The number of rotatable bonds is 6. The summed E-state index contributed by atoms with van der Waals surface area (Å²) in [6, 6.07) is 17.9. The van der Waals surface area contributed by atoms with E-state index < -0.39 is 16.9 Å². The fourth-order valence-corrected chi connectivity index (χ4v) is 4.56. The van der Waals surface area contributed by atoms with Crippen molar-refractivity contribution < 1.29 is 14.5 Å². The summed E-state index contributed by atoms with van der Waals surface area (Å²) in [5.74, 6) is -0.428. The third kappa shape index (κ3) is 5.81. The molecule has 0 amide bonds. The van der Waals surface area contributed by atoms with Crippen molar-refractivity contribution in [1.82, 2.24) is 10.6 Å². The number of ether oxygens (including phenoxy) is 1. The monoisotopic (exact) mass is 535 g/mol. The van der Waals surface area contributed by atoms with E-state index in [0.29, 0.717) is 27.6 Å². The molecule has 1 aliphatic heterocycles. The fraction of sp³-hybridized carbons (Fsp3) is 0.214. The van der Waals surface area contributed by atoms with E-state index in [1.807, 2.05) is 12.1 Å². The molecule has 3 aromatic carbocycles. The predicted molar refractivity (Wildman–Crippen MR) is 148 cm³/mol. The first-order chi connectivity index (χ1) is 17.4. The third-order valence-corrected chi connectivity index (χ3v) is 6.64. The van der Waals surface area contributed by atoms with E-state index in [-0.39, 0.29) is 27.7 Å². The van der Waals surface area contributed by atoms with Crippen molar-refractivity contribution in [2.45, 2.75) is 32.2 Å². The Labute approximate surface area is 225 Å². The van der Waals surface area contributed by atoms with Crippen LogP contribution in [0.1, 0.15) is 48.3 Å². The topological polar surface area (TPSA) is 93.5 Å². The number of halogens is 1. The van der Waals surface area contributed by atoms with Gasteiger partial charge >= 0.3 is 5.69 Å². The quantitative estimate of drug-likeness (QED) is 0.154. The maximum absolute atomic E-state index is 13.5. The molecular formula is C28H26ClN3O4S. The Balaban J connectivity index is 1.68. The Hall–Kier alpha value is -3.75. The number of thiocarbonyl (C=S) groups is 1. The molecule has 0 bridgehead atoms. The summed E-state index contributed by atoms with van der Waals surface area (Å²) in [6.07, 6.45) is 0. The van der Waals surface area contributed by atoms with Crippen LogP contribution in [0.3, 0.4) is 0 Å². The zero-order chi connectivity index (χ0) is 26.9. The smallest absolute Gasteiger partial charge is 0.311 e. The summed E-state index contributed by atoms with van der Waals surface area (Å²) in [7, 11) is 0. The fourth-order valence-electron chi connectivity index (χ4n) is 4.17. The number of nitro benzene ring substituents is 1. The highest BCUT2D eigenvalue weighted by Gasteiger charge is 2.38. The summed E-state index contributed by atoms with van der Waals surface area (Å²) < 4.78 is 5.88. The first-order valence-corrected chi connectivity index (χ1v) is 12.4.